The predicted molar refractivity (Wildman–Crippen MR) is 76.4 cm³/mol. The van der Waals surface area contributed by atoms with E-state index in [9.17, 15) is 13.2 Å². The van der Waals surface area contributed by atoms with Crippen molar-refractivity contribution in [1.29, 1.82) is 0 Å². The average molecular weight is 391 g/mol. The molecule has 0 heterocycles. The van der Waals surface area contributed by atoms with Gasteiger partial charge in [0, 0.05) is 21.7 Å². The third-order valence-corrected chi connectivity index (χ3v) is 4.02. The Kier molecular flexibility index (Phi) is 5.91. The van der Waals surface area contributed by atoms with Gasteiger partial charge in [0.05, 0.1) is 5.02 Å². The van der Waals surface area contributed by atoms with Gasteiger partial charge in [0.2, 0.25) is 0 Å². The van der Waals surface area contributed by atoms with Gasteiger partial charge in [-0.15, -0.1) is 0 Å². The largest absolute Gasteiger partial charge is 0.481 e. The molecule has 0 aromatic heterocycles. The van der Waals surface area contributed by atoms with Crippen molar-refractivity contribution >= 4 is 53.2 Å². The lowest BCUT2D eigenvalue weighted by Gasteiger charge is -2.11. The fourth-order valence-electron chi connectivity index (χ4n) is 1.24. The third-order valence-electron chi connectivity index (χ3n) is 1.96. The quantitative estimate of drug-likeness (QED) is 0.784. The molecule has 0 aliphatic rings. The van der Waals surface area contributed by atoms with Crippen LogP contribution in [-0.2, 0) is 13.8 Å². The second-order valence-corrected chi connectivity index (χ2v) is 7.25. The van der Waals surface area contributed by atoms with E-state index in [1.807, 2.05) is 0 Å². The first kappa shape index (κ1) is 16.6. The number of carbonyl (C=O) groups is 1. The van der Waals surface area contributed by atoms with Gasteiger partial charge in [-0.3, -0.25) is 4.79 Å². The van der Waals surface area contributed by atoms with Crippen molar-refractivity contribution in [3.05, 3.63) is 21.6 Å². The summed E-state index contributed by atoms with van der Waals surface area (Å²) in [5, 5.41) is 2.55. The van der Waals surface area contributed by atoms with Crippen LogP contribution in [0.25, 0.3) is 0 Å². The molecule has 1 rings (SSSR count). The molecule has 19 heavy (non-hydrogen) atoms. The van der Waals surface area contributed by atoms with E-state index < -0.39 is 9.05 Å². The standard InChI is InChI=1S/C10H10BrCl2NO4S/c1-2-14-9(15)5-18-10-7(12)3-6(11)4-8(10)19(13,16)17/h3-4H,2,5H2,1H3,(H,14,15). The maximum Gasteiger partial charge on any atom is 0.265 e. The first-order valence-corrected chi connectivity index (χ1v) is 8.57. The van der Waals surface area contributed by atoms with Crippen LogP contribution in [0.1, 0.15) is 6.92 Å². The molecule has 1 amide bonds. The zero-order valence-corrected chi connectivity index (χ0v) is 13.7. The highest BCUT2D eigenvalue weighted by Gasteiger charge is 2.21. The fourth-order valence-corrected chi connectivity index (χ4v) is 3.32. The molecule has 1 N–H and O–H groups in total. The molecule has 0 aliphatic carbocycles. The van der Waals surface area contributed by atoms with Crippen molar-refractivity contribution in [2.45, 2.75) is 11.8 Å². The second-order valence-electron chi connectivity index (χ2n) is 3.39. The topological polar surface area (TPSA) is 72.5 Å². The van der Waals surface area contributed by atoms with Gasteiger partial charge in [-0.1, -0.05) is 27.5 Å². The molecule has 106 valence electrons. The van der Waals surface area contributed by atoms with Gasteiger partial charge >= 0.3 is 0 Å². The maximum atomic E-state index is 11.4. The third kappa shape index (κ3) is 4.83. The molecule has 0 radical (unpaired) electrons. The number of benzene rings is 1. The number of carbonyl (C=O) groups excluding carboxylic acids is 1. The van der Waals surface area contributed by atoms with E-state index in [4.69, 9.17) is 27.0 Å². The van der Waals surface area contributed by atoms with E-state index in [1.165, 1.54) is 12.1 Å². The molecule has 1 aromatic rings. The van der Waals surface area contributed by atoms with Crippen LogP contribution in [0, 0.1) is 0 Å². The molecular weight excluding hydrogens is 381 g/mol. The predicted octanol–water partition coefficient (Wildman–Crippen LogP) is 2.54. The molecule has 0 atom stereocenters. The number of hydrogen-bond donors (Lipinski definition) is 1. The first-order valence-electron chi connectivity index (χ1n) is 5.09. The van der Waals surface area contributed by atoms with E-state index in [2.05, 4.69) is 21.2 Å². The molecule has 5 nitrogen and oxygen atoms in total. The number of rotatable bonds is 5. The minimum absolute atomic E-state index is 0.0397. The van der Waals surface area contributed by atoms with Gasteiger partial charge in [-0.05, 0) is 19.1 Å². The van der Waals surface area contributed by atoms with E-state index >= 15 is 0 Å². The van der Waals surface area contributed by atoms with Gasteiger partial charge < -0.3 is 10.1 Å². The SMILES string of the molecule is CCNC(=O)COc1c(Cl)cc(Br)cc1S(=O)(=O)Cl. The van der Waals surface area contributed by atoms with Crippen LogP contribution in [0.4, 0.5) is 0 Å². The Morgan fingerprint density at radius 2 is 2.11 bits per heavy atom. The van der Waals surface area contributed by atoms with Crippen LogP contribution >= 0.6 is 38.2 Å². The number of amides is 1. The van der Waals surface area contributed by atoms with Crippen LogP contribution in [0.3, 0.4) is 0 Å². The number of likely N-dealkylation sites (N-methyl/N-ethyl adjacent to an activating group) is 1. The number of nitrogens with one attached hydrogen (secondary N) is 1. The Morgan fingerprint density at radius 1 is 1.47 bits per heavy atom. The van der Waals surface area contributed by atoms with E-state index in [-0.39, 0.29) is 28.2 Å². The molecule has 9 heteroatoms. The lowest BCUT2D eigenvalue weighted by molar-refractivity contribution is -0.123. The van der Waals surface area contributed by atoms with Crippen LogP contribution in [0.15, 0.2) is 21.5 Å². The smallest absolute Gasteiger partial charge is 0.265 e. The highest BCUT2D eigenvalue weighted by molar-refractivity contribution is 9.10. The zero-order chi connectivity index (χ0) is 14.6. The monoisotopic (exact) mass is 389 g/mol. The lowest BCUT2D eigenvalue weighted by Crippen LogP contribution is -2.28. The van der Waals surface area contributed by atoms with Crippen molar-refractivity contribution in [1.82, 2.24) is 5.32 Å². The molecule has 1 aromatic carbocycles. The minimum atomic E-state index is -4.04. The van der Waals surface area contributed by atoms with E-state index in [0.717, 1.165) is 0 Å². The summed E-state index contributed by atoms with van der Waals surface area (Å²) in [4.78, 5) is 11.0. The molecule has 0 saturated heterocycles. The summed E-state index contributed by atoms with van der Waals surface area (Å²) in [7, 11) is 1.26. The molecule has 0 bridgehead atoms. The zero-order valence-electron chi connectivity index (χ0n) is 9.74. The summed E-state index contributed by atoms with van der Waals surface area (Å²) in [5.41, 5.74) is 0. The van der Waals surface area contributed by atoms with Crippen molar-refractivity contribution < 1.29 is 17.9 Å². The Labute approximate surface area is 128 Å². The average Bonchev–Trinajstić information content (AvgIpc) is 2.26. The fraction of sp³-hybridized carbons (Fsp3) is 0.300. The Hall–Kier alpha value is -0.500. The summed E-state index contributed by atoms with van der Waals surface area (Å²) in [6.45, 7) is 1.84. The van der Waals surface area contributed by atoms with Crippen molar-refractivity contribution in [2.75, 3.05) is 13.2 Å². The van der Waals surface area contributed by atoms with Crippen LogP contribution in [0.5, 0.6) is 5.75 Å². The molecule has 0 saturated carbocycles. The number of halogens is 3. The first-order chi connectivity index (χ1) is 8.75. The van der Waals surface area contributed by atoms with Crippen molar-refractivity contribution in [3.8, 4) is 5.75 Å². The number of ether oxygens (including phenoxy) is 1. The van der Waals surface area contributed by atoms with Gasteiger partial charge in [0.25, 0.3) is 15.0 Å². The second kappa shape index (κ2) is 6.78. The summed E-state index contributed by atoms with van der Waals surface area (Å²) >= 11 is 8.99. The van der Waals surface area contributed by atoms with Crippen molar-refractivity contribution in [2.24, 2.45) is 0 Å². The van der Waals surface area contributed by atoms with Gasteiger partial charge in [0.15, 0.2) is 12.4 Å². The van der Waals surface area contributed by atoms with Gasteiger partial charge in [0.1, 0.15) is 4.90 Å². The lowest BCUT2D eigenvalue weighted by atomic mass is 10.3. The van der Waals surface area contributed by atoms with Crippen LogP contribution in [0.2, 0.25) is 5.02 Å². The molecule has 0 aliphatic heterocycles. The van der Waals surface area contributed by atoms with E-state index in [1.54, 1.807) is 6.92 Å². The minimum Gasteiger partial charge on any atom is -0.481 e. The van der Waals surface area contributed by atoms with Crippen molar-refractivity contribution in [3.63, 3.8) is 0 Å². The molecule has 0 spiro atoms. The Balaban J connectivity index is 3.09. The summed E-state index contributed by atoms with van der Waals surface area (Å²) in [6.07, 6.45) is 0. The summed E-state index contributed by atoms with van der Waals surface area (Å²) < 4.78 is 28.4. The van der Waals surface area contributed by atoms with Crippen LogP contribution < -0.4 is 10.1 Å². The van der Waals surface area contributed by atoms with Gasteiger partial charge in [-0.2, -0.15) is 0 Å². The maximum absolute atomic E-state index is 11.4. The Bertz CT molecular complexity index is 591. The Morgan fingerprint density at radius 3 is 2.63 bits per heavy atom. The van der Waals surface area contributed by atoms with Gasteiger partial charge in [-0.25, -0.2) is 8.42 Å². The molecule has 0 unspecified atom stereocenters. The normalized spacial score (nSPS) is 11.2. The molecular formula is C10H10BrCl2NO4S. The highest BCUT2D eigenvalue weighted by atomic mass is 79.9. The summed E-state index contributed by atoms with van der Waals surface area (Å²) in [6, 6.07) is 2.70. The number of hydrogen-bond acceptors (Lipinski definition) is 4. The highest BCUT2D eigenvalue weighted by Crippen LogP contribution is 2.37. The van der Waals surface area contributed by atoms with Crippen LogP contribution in [-0.4, -0.2) is 27.5 Å². The molecule has 0 fully saturated rings. The summed E-state index contributed by atoms with van der Waals surface area (Å²) in [5.74, 6) is -0.537. The van der Waals surface area contributed by atoms with E-state index in [0.29, 0.717) is 11.0 Å².